The van der Waals surface area contributed by atoms with Gasteiger partial charge in [-0.1, -0.05) is 25.3 Å². The molecule has 5 heteroatoms. The van der Waals surface area contributed by atoms with Crippen LogP contribution in [-0.2, 0) is 0 Å². The maximum Gasteiger partial charge on any atom is 0.223 e. The molecule has 0 bridgehead atoms. The summed E-state index contributed by atoms with van der Waals surface area (Å²) in [5.74, 6) is -0.652. The van der Waals surface area contributed by atoms with Gasteiger partial charge in [0.25, 0.3) is 0 Å². The molecular weight excluding hydrogens is 301 g/mol. The molecule has 0 unspecified atom stereocenters. The van der Waals surface area contributed by atoms with E-state index in [1.807, 2.05) is 0 Å². The summed E-state index contributed by atoms with van der Waals surface area (Å²) in [5, 5.41) is 9.41. The van der Waals surface area contributed by atoms with E-state index in [1.165, 1.54) is 6.20 Å². The molecule has 0 aliphatic heterocycles. The highest BCUT2D eigenvalue weighted by Crippen LogP contribution is 2.24. The molecular formula is C13H13BrFNO2. The lowest BCUT2D eigenvalue weighted by atomic mass is 10.1. The van der Waals surface area contributed by atoms with E-state index in [4.69, 9.17) is 4.42 Å². The molecule has 0 atom stereocenters. The fourth-order valence-electron chi connectivity index (χ4n) is 1.30. The van der Waals surface area contributed by atoms with Crippen molar-refractivity contribution in [3.8, 4) is 0 Å². The minimum absolute atomic E-state index is 0.136. The molecule has 18 heavy (non-hydrogen) atoms. The monoisotopic (exact) mass is 313 g/mol. The van der Waals surface area contributed by atoms with Crippen LogP contribution in [0.1, 0.15) is 18.7 Å². The molecule has 0 aliphatic carbocycles. The summed E-state index contributed by atoms with van der Waals surface area (Å²) in [6, 6.07) is 0. The highest BCUT2D eigenvalue weighted by atomic mass is 79.9. The Kier molecular flexibility index (Phi) is 5.58. The molecule has 0 spiro atoms. The predicted octanol–water partition coefficient (Wildman–Crippen LogP) is 4.71. The Balaban J connectivity index is 2.81. The van der Waals surface area contributed by atoms with Crippen LogP contribution in [0.25, 0.3) is 5.57 Å². The lowest BCUT2D eigenvalue weighted by molar-refractivity contribution is 0.365. The smallest absolute Gasteiger partial charge is 0.223 e. The van der Waals surface area contributed by atoms with E-state index in [0.717, 1.165) is 11.6 Å². The third-order valence-corrected chi connectivity index (χ3v) is 2.52. The number of aromatic nitrogens is 1. The Morgan fingerprint density at radius 2 is 2.22 bits per heavy atom. The molecule has 0 amide bonds. The van der Waals surface area contributed by atoms with Gasteiger partial charge >= 0.3 is 0 Å². The first-order valence-corrected chi connectivity index (χ1v) is 6.01. The topological polar surface area (TPSA) is 46.3 Å². The SMILES string of the molecule is C=C/C=C(\CC/C(O)=C(\F)C=C)c1ncc(Br)o1. The predicted molar refractivity (Wildman–Crippen MR) is 72.6 cm³/mol. The summed E-state index contributed by atoms with van der Waals surface area (Å²) in [7, 11) is 0. The summed E-state index contributed by atoms with van der Waals surface area (Å²) in [5.41, 5.74) is 0.721. The number of oxazole rings is 1. The highest BCUT2D eigenvalue weighted by Gasteiger charge is 2.10. The molecule has 0 fully saturated rings. The second kappa shape index (κ2) is 6.96. The van der Waals surface area contributed by atoms with Crippen molar-refractivity contribution in [2.24, 2.45) is 0 Å². The van der Waals surface area contributed by atoms with E-state index >= 15 is 0 Å². The first-order chi connectivity index (χ1) is 8.58. The highest BCUT2D eigenvalue weighted by molar-refractivity contribution is 9.10. The van der Waals surface area contributed by atoms with E-state index in [1.54, 1.807) is 12.2 Å². The van der Waals surface area contributed by atoms with Crippen LogP contribution in [0.5, 0.6) is 0 Å². The molecule has 1 aromatic heterocycles. The first-order valence-electron chi connectivity index (χ1n) is 5.21. The molecule has 1 aromatic rings. The number of allylic oxidation sites excluding steroid dienone is 6. The van der Waals surface area contributed by atoms with Crippen molar-refractivity contribution < 1.29 is 13.9 Å². The standard InChI is InChI=1S/C13H13BrFNO2/c1-3-5-9(13-16-8-12(14)18-13)6-7-11(17)10(15)4-2/h3-5,8,17H,1-2,6-7H2/b9-5+,11-10+. The Bertz CT molecular complexity index is 503. The van der Waals surface area contributed by atoms with Gasteiger partial charge in [0.15, 0.2) is 10.5 Å². The average Bonchev–Trinajstić information content (AvgIpc) is 2.79. The molecule has 1 rings (SSSR count). The Labute approximate surface area is 113 Å². The summed E-state index contributed by atoms with van der Waals surface area (Å²) in [6.45, 7) is 6.83. The molecule has 0 aliphatic rings. The summed E-state index contributed by atoms with van der Waals surface area (Å²) < 4.78 is 18.8. The Morgan fingerprint density at radius 1 is 1.50 bits per heavy atom. The zero-order chi connectivity index (χ0) is 13.5. The zero-order valence-electron chi connectivity index (χ0n) is 9.70. The summed E-state index contributed by atoms with van der Waals surface area (Å²) in [6.07, 6.45) is 6.29. The van der Waals surface area contributed by atoms with Gasteiger partial charge in [-0.15, -0.1) is 0 Å². The lowest BCUT2D eigenvalue weighted by Crippen LogP contribution is -1.89. The molecule has 0 saturated carbocycles. The fourth-order valence-corrected chi connectivity index (χ4v) is 1.55. The Hall–Kier alpha value is -1.62. The number of aliphatic hydroxyl groups excluding tert-OH is 1. The van der Waals surface area contributed by atoms with Crippen LogP contribution in [-0.4, -0.2) is 10.1 Å². The van der Waals surface area contributed by atoms with E-state index in [-0.39, 0.29) is 12.2 Å². The zero-order valence-corrected chi connectivity index (χ0v) is 11.3. The molecule has 96 valence electrons. The van der Waals surface area contributed by atoms with E-state index < -0.39 is 5.83 Å². The molecule has 3 nitrogen and oxygen atoms in total. The van der Waals surface area contributed by atoms with Crippen LogP contribution in [0.15, 0.2) is 58.3 Å². The first kappa shape index (κ1) is 14.4. The molecule has 0 aromatic carbocycles. The molecule has 1 heterocycles. The van der Waals surface area contributed by atoms with Gasteiger partial charge in [-0.05, 0) is 28.4 Å². The molecule has 1 N–H and O–H groups in total. The van der Waals surface area contributed by atoms with Gasteiger partial charge in [0.05, 0.1) is 6.20 Å². The van der Waals surface area contributed by atoms with Gasteiger partial charge < -0.3 is 9.52 Å². The second-order valence-corrected chi connectivity index (χ2v) is 4.18. The third-order valence-electron chi connectivity index (χ3n) is 2.16. The second-order valence-electron chi connectivity index (χ2n) is 3.40. The van der Waals surface area contributed by atoms with Gasteiger partial charge in [-0.2, -0.15) is 0 Å². The summed E-state index contributed by atoms with van der Waals surface area (Å²) in [4.78, 5) is 4.04. The number of aliphatic hydroxyl groups is 1. The van der Waals surface area contributed by atoms with Crippen molar-refractivity contribution >= 4 is 21.5 Å². The fraction of sp³-hybridized carbons (Fsp3) is 0.154. The van der Waals surface area contributed by atoms with Gasteiger partial charge in [0.2, 0.25) is 5.89 Å². The number of halogens is 2. The van der Waals surface area contributed by atoms with Crippen LogP contribution in [0.2, 0.25) is 0 Å². The van der Waals surface area contributed by atoms with Crippen molar-refractivity contribution in [3.05, 3.63) is 59.7 Å². The maximum absolute atomic E-state index is 13.0. The van der Waals surface area contributed by atoms with Crippen molar-refractivity contribution in [2.45, 2.75) is 12.8 Å². The van der Waals surface area contributed by atoms with Gasteiger partial charge in [0.1, 0.15) is 5.76 Å². The Morgan fingerprint density at radius 3 is 2.72 bits per heavy atom. The third kappa shape index (κ3) is 4.00. The van der Waals surface area contributed by atoms with Crippen LogP contribution >= 0.6 is 15.9 Å². The normalized spacial score (nSPS) is 13.1. The minimum Gasteiger partial charge on any atom is -0.509 e. The molecule has 0 radical (unpaired) electrons. The van der Waals surface area contributed by atoms with Crippen LogP contribution in [0, 0.1) is 0 Å². The summed E-state index contributed by atoms with van der Waals surface area (Å²) >= 11 is 3.15. The lowest BCUT2D eigenvalue weighted by Gasteiger charge is -2.03. The van der Waals surface area contributed by atoms with Gasteiger partial charge in [0, 0.05) is 12.0 Å². The number of hydrogen-bond acceptors (Lipinski definition) is 3. The average molecular weight is 314 g/mol. The van der Waals surface area contributed by atoms with E-state index in [9.17, 15) is 9.50 Å². The molecule has 0 saturated heterocycles. The quantitative estimate of drug-likeness (QED) is 0.611. The van der Waals surface area contributed by atoms with Gasteiger partial charge in [-0.25, -0.2) is 9.37 Å². The number of hydrogen-bond donors (Lipinski definition) is 1. The van der Waals surface area contributed by atoms with Crippen LogP contribution in [0.4, 0.5) is 4.39 Å². The van der Waals surface area contributed by atoms with E-state index in [0.29, 0.717) is 17.0 Å². The van der Waals surface area contributed by atoms with Crippen LogP contribution < -0.4 is 0 Å². The largest absolute Gasteiger partial charge is 0.509 e. The van der Waals surface area contributed by atoms with Crippen molar-refractivity contribution in [3.63, 3.8) is 0 Å². The minimum atomic E-state index is -0.721. The van der Waals surface area contributed by atoms with Crippen molar-refractivity contribution in [2.75, 3.05) is 0 Å². The maximum atomic E-state index is 13.0. The number of nitrogens with zero attached hydrogens (tertiary/aromatic N) is 1. The van der Waals surface area contributed by atoms with E-state index in [2.05, 4.69) is 34.1 Å². The van der Waals surface area contributed by atoms with Gasteiger partial charge in [-0.3, -0.25) is 0 Å². The number of rotatable bonds is 6. The van der Waals surface area contributed by atoms with Crippen molar-refractivity contribution in [1.82, 2.24) is 4.98 Å². The van der Waals surface area contributed by atoms with Crippen LogP contribution in [0.3, 0.4) is 0 Å². The van der Waals surface area contributed by atoms with Crippen molar-refractivity contribution in [1.29, 1.82) is 0 Å².